The molecule has 0 fully saturated rings. The highest BCUT2D eigenvalue weighted by Crippen LogP contribution is 2.28. The third kappa shape index (κ3) is 6.69. The predicted octanol–water partition coefficient (Wildman–Crippen LogP) is 3.36. The molecule has 2 rings (SSSR count). The fourth-order valence-electron chi connectivity index (χ4n) is 2.26. The molecule has 0 aliphatic heterocycles. The molecule has 0 saturated carbocycles. The van der Waals surface area contributed by atoms with Gasteiger partial charge in [-0.05, 0) is 42.8 Å². The van der Waals surface area contributed by atoms with Crippen LogP contribution in [0.3, 0.4) is 0 Å². The van der Waals surface area contributed by atoms with Gasteiger partial charge in [-0.1, -0.05) is 18.5 Å². The number of nitrogens with one attached hydrogen (secondary N) is 1. The standard InChI is InChI=1S/C20H21ClN2O6/c1-3-8-28-17-6-4-13(10-18(17)27-2)20(26)23-22-11-14-9-15(21)5-7-16(14)29-12-19(24)25/h4-7,9-11H,3,8,12H2,1-2H3,(H,23,26)(H,24,25)/b22-11+. The van der Waals surface area contributed by atoms with Gasteiger partial charge in [0.25, 0.3) is 5.91 Å². The number of carbonyl (C=O) groups is 2. The minimum Gasteiger partial charge on any atom is -0.493 e. The first-order valence-corrected chi connectivity index (χ1v) is 9.10. The fourth-order valence-corrected chi connectivity index (χ4v) is 2.44. The van der Waals surface area contributed by atoms with Crippen LogP contribution in [0, 0.1) is 0 Å². The number of carbonyl (C=O) groups excluding carboxylic acids is 1. The summed E-state index contributed by atoms with van der Waals surface area (Å²) in [4.78, 5) is 23.0. The molecule has 29 heavy (non-hydrogen) atoms. The van der Waals surface area contributed by atoms with Crippen LogP contribution in [0.5, 0.6) is 17.2 Å². The quantitative estimate of drug-likeness (QED) is 0.451. The van der Waals surface area contributed by atoms with Crippen LogP contribution in [0.25, 0.3) is 0 Å². The van der Waals surface area contributed by atoms with Crippen molar-refractivity contribution in [2.45, 2.75) is 13.3 Å². The number of carboxylic acid groups (broad SMARTS) is 1. The third-order valence-corrected chi connectivity index (χ3v) is 3.82. The van der Waals surface area contributed by atoms with E-state index in [-0.39, 0.29) is 5.75 Å². The monoisotopic (exact) mass is 420 g/mol. The van der Waals surface area contributed by atoms with E-state index in [2.05, 4.69) is 10.5 Å². The summed E-state index contributed by atoms with van der Waals surface area (Å²) in [5.74, 6) is -0.315. The molecule has 0 saturated heterocycles. The van der Waals surface area contributed by atoms with Crippen LogP contribution in [0.2, 0.25) is 5.02 Å². The maximum Gasteiger partial charge on any atom is 0.341 e. The lowest BCUT2D eigenvalue weighted by Crippen LogP contribution is -2.18. The normalized spacial score (nSPS) is 10.6. The summed E-state index contributed by atoms with van der Waals surface area (Å²) in [6, 6.07) is 9.42. The Hall–Kier alpha value is -3.26. The van der Waals surface area contributed by atoms with Crippen molar-refractivity contribution in [1.82, 2.24) is 5.43 Å². The van der Waals surface area contributed by atoms with Gasteiger partial charge in [-0.15, -0.1) is 0 Å². The Morgan fingerprint density at radius 2 is 1.90 bits per heavy atom. The Labute approximate surface area is 173 Å². The van der Waals surface area contributed by atoms with Crippen molar-refractivity contribution in [3.05, 3.63) is 52.5 Å². The Balaban J connectivity index is 2.09. The zero-order valence-electron chi connectivity index (χ0n) is 16.0. The maximum atomic E-state index is 12.3. The minimum absolute atomic E-state index is 0.272. The smallest absolute Gasteiger partial charge is 0.341 e. The van der Waals surface area contributed by atoms with Crippen molar-refractivity contribution in [2.24, 2.45) is 5.10 Å². The number of rotatable bonds is 10. The van der Waals surface area contributed by atoms with E-state index in [4.69, 9.17) is 30.9 Å². The van der Waals surface area contributed by atoms with Crippen LogP contribution in [0.15, 0.2) is 41.5 Å². The predicted molar refractivity (Wildman–Crippen MR) is 108 cm³/mol. The number of amides is 1. The van der Waals surface area contributed by atoms with Gasteiger partial charge >= 0.3 is 5.97 Å². The molecular formula is C20H21ClN2O6. The van der Waals surface area contributed by atoms with Gasteiger partial charge in [0.1, 0.15) is 5.75 Å². The lowest BCUT2D eigenvalue weighted by molar-refractivity contribution is -0.139. The summed E-state index contributed by atoms with van der Waals surface area (Å²) in [6.45, 7) is 2.02. The van der Waals surface area contributed by atoms with Gasteiger partial charge < -0.3 is 19.3 Å². The van der Waals surface area contributed by atoms with Gasteiger partial charge in [-0.25, -0.2) is 10.2 Å². The number of nitrogens with zero attached hydrogens (tertiary/aromatic N) is 1. The zero-order chi connectivity index (χ0) is 21.2. The first-order chi connectivity index (χ1) is 13.9. The molecule has 8 nitrogen and oxygen atoms in total. The van der Waals surface area contributed by atoms with Gasteiger partial charge in [0.05, 0.1) is 19.9 Å². The maximum absolute atomic E-state index is 12.3. The van der Waals surface area contributed by atoms with Crippen LogP contribution < -0.4 is 19.6 Å². The van der Waals surface area contributed by atoms with E-state index in [1.54, 1.807) is 24.3 Å². The van der Waals surface area contributed by atoms with E-state index in [0.717, 1.165) is 6.42 Å². The van der Waals surface area contributed by atoms with Gasteiger partial charge in [0.2, 0.25) is 0 Å². The average molecular weight is 421 g/mol. The molecule has 154 valence electrons. The number of hydrogen-bond acceptors (Lipinski definition) is 6. The summed E-state index contributed by atoms with van der Waals surface area (Å²) < 4.78 is 16.0. The summed E-state index contributed by atoms with van der Waals surface area (Å²) in [7, 11) is 1.49. The summed E-state index contributed by atoms with van der Waals surface area (Å²) in [5, 5.41) is 13.0. The second kappa shape index (κ2) is 10.9. The number of benzene rings is 2. The van der Waals surface area contributed by atoms with Crippen LogP contribution in [-0.4, -0.2) is 43.5 Å². The fraction of sp³-hybridized carbons (Fsp3) is 0.250. The number of hydrazone groups is 1. The first-order valence-electron chi connectivity index (χ1n) is 8.73. The topological polar surface area (TPSA) is 106 Å². The zero-order valence-corrected chi connectivity index (χ0v) is 16.7. The molecule has 0 radical (unpaired) electrons. The highest BCUT2D eigenvalue weighted by Gasteiger charge is 2.11. The molecule has 9 heteroatoms. The largest absolute Gasteiger partial charge is 0.493 e. The Kier molecular flexibility index (Phi) is 8.29. The molecule has 0 bridgehead atoms. The molecule has 0 aliphatic rings. The van der Waals surface area contributed by atoms with Gasteiger partial charge in [-0.3, -0.25) is 4.79 Å². The summed E-state index contributed by atoms with van der Waals surface area (Å²) in [6.07, 6.45) is 2.17. The van der Waals surface area contributed by atoms with Crippen molar-refractivity contribution in [1.29, 1.82) is 0 Å². The van der Waals surface area contributed by atoms with E-state index >= 15 is 0 Å². The highest BCUT2D eigenvalue weighted by molar-refractivity contribution is 6.30. The van der Waals surface area contributed by atoms with Crippen LogP contribution >= 0.6 is 11.6 Å². The molecule has 2 aromatic carbocycles. The number of carboxylic acids is 1. The molecule has 0 unspecified atom stereocenters. The van der Waals surface area contributed by atoms with E-state index in [1.807, 2.05) is 6.92 Å². The molecule has 2 aromatic rings. The van der Waals surface area contributed by atoms with Crippen LogP contribution in [0.1, 0.15) is 29.3 Å². The molecule has 0 heterocycles. The Bertz CT molecular complexity index is 901. The highest BCUT2D eigenvalue weighted by atomic mass is 35.5. The third-order valence-electron chi connectivity index (χ3n) is 3.58. The second-order valence-corrected chi connectivity index (χ2v) is 6.21. The number of methoxy groups -OCH3 is 1. The first kappa shape index (κ1) is 22.0. The van der Waals surface area contributed by atoms with Crippen molar-refractivity contribution in [3.8, 4) is 17.2 Å². The van der Waals surface area contributed by atoms with Gasteiger partial charge in [0, 0.05) is 16.1 Å². The molecule has 2 N–H and O–H groups in total. The van der Waals surface area contributed by atoms with E-state index in [1.165, 1.54) is 25.5 Å². The second-order valence-electron chi connectivity index (χ2n) is 5.78. The number of halogens is 1. The van der Waals surface area contributed by atoms with Crippen molar-refractivity contribution < 1.29 is 28.9 Å². The van der Waals surface area contributed by atoms with Crippen molar-refractivity contribution in [2.75, 3.05) is 20.3 Å². The number of aliphatic carboxylic acids is 1. The average Bonchev–Trinajstić information content (AvgIpc) is 2.71. The lowest BCUT2D eigenvalue weighted by Gasteiger charge is -2.11. The van der Waals surface area contributed by atoms with E-state index < -0.39 is 18.5 Å². The molecule has 0 aliphatic carbocycles. The van der Waals surface area contributed by atoms with E-state index in [0.29, 0.717) is 34.3 Å². The van der Waals surface area contributed by atoms with Crippen LogP contribution in [-0.2, 0) is 4.79 Å². The Morgan fingerprint density at radius 1 is 1.14 bits per heavy atom. The summed E-state index contributed by atoms with van der Waals surface area (Å²) in [5.41, 5.74) is 3.14. The number of hydrogen-bond donors (Lipinski definition) is 2. The van der Waals surface area contributed by atoms with Crippen LogP contribution in [0.4, 0.5) is 0 Å². The van der Waals surface area contributed by atoms with Crippen molar-refractivity contribution >= 4 is 29.7 Å². The molecule has 0 aromatic heterocycles. The van der Waals surface area contributed by atoms with Gasteiger partial charge in [-0.2, -0.15) is 5.10 Å². The molecule has 0 spiro atoms. The minimum atomic E-state index is -1.11. The SMILES string of the molecule is CCCOc1ccc(C(=O)N/N=C/c2cc(Cl)ccc2OCC(=O)O)cc1OC. The molecule has 0 atom stereocenters. The van der Waals surface area contributed by atoms with Gasteiger partial charge in [0.15, 0.2) is 18.1 Å². The Morgan fingerprint density at radius 3 is 2.59 bits per heavy atom. The molecule has 1 amide bonds. The lowest BCUT2D eigenvalue weighted by atomic mass is 10.2. The van der Waals surface area contributed by atoms with E-state index in [9.17, 15) is 9.59 Å². The number of ether oxygens (including phenoxy) is 3. The molecular weight excluding hydrogens is 400 g/mol. The summed E-state index contributed by atoms with van der Waals surface area (Å²) >= 11 is 5.95. The van der Waals surface area contributed by atoms with Crippen molar-refractivity contribution in [3.63, 3.8) is 0 Å².